The quantitative estimate of drug-likeness (QED) is 0.617. The van der Waals surface area contributed by atoms with E-state index in [1.54, 1.807) is 13.8 Å². The van der Waals surface area contributed by atoms with Gasteiger partial charge in [0.25, 0.3) is 0 Å². The van der Waals surface area contributed by atoms with Crippen LogP contribution in [0.25, 0.3) is 0 Å². The molecule has 2 N–H and O–H groups in total. The number of sulfone groups is 1. The van der Waals surface area contributed by atoms with Gasteiger partial charge in [-0.2, -0.15) is 0 Å². The first kappa shape index (κ1) is 15.8. The highest BCUT2D eigenvalue weighted by Crippen LogP contribution is 2.03. The molecule has 0 radical (unpaired) electrons. The average molecular weight is 273 g/mol. The predicted octanol–water partition coefficient (Wildman–Crippen LogP) is -1.03. The summed E-state index contributed by atoms with van der Waals surface area (Å²) in [5, 5.41) is 8.83. The number of aliphatic hydroxyl groups excluding tert-OH is 1. The van der Waals surface area contributed by atoms with E-state index in [1.807, 2.05) is 0 Å². The van der Waals surface area contributed by atoms with Crippen LogP contribution in [0.1, 0.15) is 13.8 Å². The third-order valence-electron chi connectivity index (χ3n) is 2.23. The van der Waals surface area contributed by atoms with Crippen LogP contribution in [-0.4, -0.2) is 52.4 Å². The Bertz CT molecular complexity index is 400. The fourth-order valence-electron chi connectivity index (χ4n) is 0.878. The van der Waals surface area contributed by atoms with Crippen LogP contribution in [0.15, 0.2) is 0 Å². The summed E-state index contributed by atoms with van der Waals surface area (Å²) in [4.78, 5) is 0. The highest BCUT2D eigenvalue weighted by molar-refractivity contribution is 7.93. The first-order valence-corrected chi connectivity index (χ1v) is 8.57. The number of sulfonamides is 1. The van der Waals surface area contributed by atoms with Gasteiger partial charge >= 0.3 is 0 Å². The van der Waals surface area contributed by atoms with E-state index in [-0.39, 0.29) is 12.5 Å². The maximum atomic E-state index is 11.5. The minimum absolute atomic E-state index is 0.129. The van der Waals surface area contributed by atoms with Crippen LogP contribution in [0.3, 0.4) is 0 Å². The Morgan fingerprint density at radius 3 is 2.00 bits per heavy atom. The van der Waals surface area contributed by atoms with Gasteiger partial charge in [-0.1, -0.05) is 6.92 Å². The summed E-state index contributed by atoms with van der Waals surface area (Å²) in [6.45, 7) is 3.19. The van der Waals surface area contributed by atoms with Gasteiger partial charge < -0.3 is 5.11 Å². The maximum absolute atomic E-state index is 11.5. The SMILES string of the molecule is CC(CO)C(C)NS(=O)(=O)CCS(C)(=O)=O. The molecule has 0 bridgehead atoms. The lowest BCUT2D eigenvalue weighted by Crippen LogP contribution is -2.40. The fourth-order valence-corrected chi connectivity index (χ4v) is 3.88. The molecule has 0 saturated heterocycles. The van der Waals surface area contributed by atoms with Crippen LogP contribution in [0, 0.1) is 5.92 Å². The van der Waals surface area contributed by atoms with Crippen LogP contribution in [0.5, 0.6) is 0 Å². The molecule has 0 fully saturated rings. The minimum atomic E-state index is -3.61. The Morgan fingerprint density at radius 1 is 1.12 bits per heavy atom. The topological polar surface area (TPSA) is 101 Å². The number of hydrogen-bond acceptors (Lipinski definition) is 5. The molecule has 0 saturated carbocycles. The van der Waals surface area contributed by atoms with Crippen molar-refractivity contribution in [3.63, 3.8) is 0 Å². The van der Waals surface area contributed by atoms with Crippen molar-refractivity contribution in [2.75, 3.05) is 24.4 Å². The lowest BCUT2D eigenvalue weighted by Gasteiger charge is -2.18. The minimum Gasteiger partial charge on any atom is -0.396 e. The van der Waals surface area contributed by atoms with E-state index in [1.165, 1.54) is 0 Å². The van der Waals surface area contributed by atoms with Crippen molar-refractivity contribution in [1.82, 2.24) is 4.72 Å². The highest BCUT2D eigenvalue weighted by Gasteiger charge is 2.20. The summed E-state index contributed by atoms with van der Waals surface area (Å²) in [5.74, 6) is -1.07. The third kappa shape index (κ3) is 7.15. The molecule has 16 heavy (non-hydrogen) atoms. The normalized spacial score (nSPS) is 17.0. The largest absolute Gasteiger partial charge is 0.396 e. The number of nitrogens with one attached hydrogen (secondary N) is 1. The Kier molecular flexibility index (Phi) is 5.88. The highest BCUT2D eigenvalue weighted by atomic mass is 32.2. The van der Waals surface area contributed by atoms with Crippen LogP contribution < -0.4 is 4.72 Å². The molecule has 0 aromatic heterocycles. The van der Waals surface area contributed by atoms with E-state index in [9.17, 15) is 16.8 Å². The molecule has 0 heterocycles. The van der Waals surface area contributed by atoms with E-state index in [0.717, 1.165) is 6.26 Å². The predicted molar refractivity (Wildman–Crippen MR) is 62.3 cm³/mol. The first-order chi connectivity index (χ1) is 7.07. The van der Waals surface area contributed by atoms with Crippen molar-refractivity contribution in [3.8, 4) is 0 Å². The van der Waals surface area contributed by atoms with Crippen LogP contribution >= 0.6 is 0 Å². The van der Waals surface area contributed by atoms with Crippen molar-refractivity contribution in [3.05, 3.63) is 0 Å². The lowest BCUT2D eigenvalue weighted by atomic mass is 10.1. The summed E-state index contributed by atoms with van der Waals surface area (Å²) in [7, 11) is -6.90. The summed E-state index contributed by atoms with van der Waals surface area (Å²) in [6.07, 6.45) is 0.988. The van der Waals surface area contributed by atoms with Gasteiger partial charge in [0, 0.05) is 18.9 Å². The van der Waals surface area contributed by atoms with Crippen LogP contribution in [-0.2, 0) is 19.9 Å². The van der Waals surface area contributed by atoms with Gasteiger partial charge in [-0.25, -0.2) is 21.6 Å². The average Bonchev–Trinajstić information content (AvgIpc) is 2.12. The van der Waals surface area contributed by atoms with Crippen molar-refractivity contribution in [1.29, 1.82) is 0 Å². The number of hydrogen-bond donors (Lipinski definition) is 2. The Balaban J connectivity index is 4.37. The molecule has 0 aliphatic heterocycles. The van der Waals surface area contributed by atoms with Crippen molar-refractivity contribution < 1.29 is 21.9 Å². The van der Waals surface area contributed by atoms with Crippen molar-refractivity contribution in [2.45, 2.75) is 19.9 Å². The van der Waals surface area contributed by atoms with E-state index in [0.29, 0.717) is 0 Å². The smallest absolute Gasteiger partial charge is 0.212 e. The molecule has 6 nitrogen and oxygen atoms in total. The van der Waals surface area contributed by atoms with E-state index in [2.05, 4.69) is 4.72 Å². The maximum Gasteiger partial charge on any atom is 0.212 e. The monoisotopic (exact) mass is 273 g/mol. The second kappa shape index (κ2) is 5.95. The molecule has 0 amide bonds. The van der Waals surface area contributed by atoms with Gasteiger partial charge in [-0.3, -0.25) is 0 Å². The van der Waals surface area contributed by atoms with Gasteiger partial charge in [-0.05, 0) is 12.8 Å². The first-order valence-electron chi connectivity index (χ1n) is 4.86. The van der Waals surface area contributed by atoms with E-state index >= 15 is 0 Å². The summed E-state index contributed by atoms with van der Waals surface area (Å²) < 4.78 is 46.9. The second-order valence-electron chi connectivity index (χ2n) is 4.02. The molecule has 0 rings (SSSR count). The summed E-state index contributed by atoms with van der Waals surface area (Å²) in [5.41, 5.74) is 0. The standard InChI is InChI=1S/C8H19NO5S2/c1-7(6-10)8(2)9-16(13,14)5-4-15(3,11)12/h7-10H,4-6H2,1-3H3. The zero-order valence-corrected chi connectivity index (χ0v) is 11.3. The molecule has 2 unspecified atom stereocenters. The van der Waals surface area contributed by atoms with Gasteiger partial charge in [0.05, 0.1) is 11.5 Å². The molecule has 0 aromatic rings. The Morgan fingerprint density at radius 2 is 1.62 bits per heavy atom. The van der Waals surface area contributed by atoms with Crippen LogP contribution in [0.4, 0.5) is 0 Å². The third-order valence-corrected chi connectivity index (χ3v) is 4.91. The zero-order chi connectivity index (χ0) is 13.0. The van der Waals surface area contributed by atoms with Gasteiger partial charge in [-0.15, -0.1) is 0 Å². The second-order valence-corrected chi connectivity index (χ2v) is 8.15. The van der Waals surface area contributed by atoms with Gasteiger partial charge in [0.15, 0.2) is 0 Å². The molecule has 2 atom stereocenters. The van der Waals surface area contributed by atoms with Crippen LogP contribution in [0.2, 0.25) is 0 Å². The Hall–Kier alpha value is -0.180. The number of aliphatic hydroxyl groups is 1. The molecule has 0 aromatic carbocycles. The molecule has 0 spiro atoms. The van der Waals surface area contributed by atoms with E-state index < -0.39 is 37.4 Å². The molecular formula is C8H19NO5S2. The van der Waals surface area contributed by atoms with Crippen molar-refractivity contribution >= 4 is 19.9 Å². The zero-order valence-electron chi connectivity index (χ0n) is 9.67. The van der Waals surface area contributed by atoms with E-state index in [4.69, 9.17) is 5.11 Å². The van der Waals surface area contributed by atoms with Gasteiger partial charge in [0.2, 0.25) is 10.0 Å². The molecule has 8 heteroatoms. The summed E-state index contributed by atoms with van der Waals surface area (Å²) in [6, 6.07) is -0.422. The van der Waals surface area contributed by atoms with Gasteiger partial charge in [0.1, 0.15) is 9.84 Å². The summed E-state index contributed by atoms with van der Waals surface area (Å²) >= 11 is 0. The molecule has 98 valence electrons. The number of rotatable bonds is 7. The fraction of sp³-hybridized carbons (Fsp3) is 1.00. The molecule has 0 aliphatic carbocycles. The lowest BCUT2D eigenvalue weighted by molar-refractivity contribution is 0.216. The molecule has 0 aliphatic rings. The van der Waals surface area contributed by atoms with Crippen molar-refractivity contribution in [2.24, 2.45) is 5.92 Å². The Labute approximate surface area is 97.0 Å². The molecular weight excluding hydrogens is 254 g/mol.